The van der Waals surface area contributed by atoms with Crippen LogP contribution in [0, 0.1) is 6.92 Å². The second-order valence-electron chi connectivity index (χ2n) is 5.20. The van der Waals surface area contributed by atoms with Gasteiger partial charge in [-0.1, -0.05) is 6.07 Å². The van der Waals surface area contributed by atoms with Gasteiger partial charge in [0.05, 0.1) is 22.1 Å². The molecule has 0 unspecified atom stereocenters. The van der Waals surface area contributed by atoms with Crippen LogP contribution in [0.15, 0.2) is 40.0 Å². The molecular formula is C17H21IN4S3. The van der Waals surface area contributed by atoms with E-state index in [9.17, 15) is 0 Å². The second kappa shape index (κ2) is 10.2. The van der Waals surface area contributed by atoms with E-state index in [1.165, 1.54) is 14.6 Å². The normalized spacial score (nSPS) is 11.2. The lowest BCUT2D eigenvalue weighted by Crippen LogP contribution is -2.37. The van der Waals surface area contributed by atoms with E-state index in [4.69, 9.17) is 0 Å². The summed E-state index contributed by atoms with van der Waals surface area (Å²) in [5, 5.41) is 12.0. The molecule has 0 amide bonds. The van der Waals surface area contributed by atoms with Crippen LogP contribution in [0.2, 0.25) is 0 Å². The van der Waals surface area contributed by atoms with Crippen LogP contribution in [0.25, 0.3) is 10.6 Å². The maximum Gasteiger partial charge on any atom is 0.191 e. The zero-order chi connectivity index (χ0) is 16.8. The summed E-state index contributed by atoms with van der Waals surface area (Å²) >= 11 is 5.26. The van der Waals surface area contributed by atoms with Gasteiger partial charge in [-0.25, -0.2) is 4.98 Å². The quantitative estimate of drug-likeness (QED) is 0.289. The molecule has 0 spiro atoms. The van der Waals surface area contributed by atoms with Crippen molar-refractivity contribution in [1.29, 1.82) is 0 Å². The van der Waals surface area contributed by atoms with Crippen molar-refractivity contribution in [2.24, 2.45) is 4.99 Å². The van der Waals surface area contributed by atoms with Crippen LogP contribution >= 0.6 is 58.0 Å². The fourth-order valence-electron chi connectivity index (χ4n) is 2.24. The average molecular weight is 504 g/mol. The van der Waals surface area contributed by atoms with Crippen molar-refractivity contribution >= 4 is 63.9 Å². The highest BCUT2D eigenvalue weighted by Crippen LogP contribution is 2.29. The SMILES string of the molecule is CN=C(NCCc1ccc(-c2csc(C)n2)s1)NCc1cccs1.I. The van der Waals surface area contributed by atoms with E-state index in [0.29, 0.717) is 0 Å². The van der Waals surface area contributed by atoms with Gasteiger partial charge in [0.15, 0.2) is 5.96 Å². The third kappa shape index (κ3) is 6.05. The Morgan fingerprint density at radius 1 is 1.16 bits per heavy atom. The number of rotatable bonds is 6. The summed E-state index contributed by atoms with van der Waals surface area (Å²) in [4.78, 5) is 12.7. The van der Waals surface area contributed by atoms with Gasteiger partial charge >= 0.3 is 0 Å². The smallest absolute Gasteiger partial charge is 0.191 e. The Bertz CT molecular complexity index is 793. The fraction of sp³-hybridized carbons (Fsp3) is 0.294. The van der Waals surface area contributed by atoms with Gasteiger partial charge < -0.3 is 10.6 Å². The number of guanidine groups is 1. The van der Waals surface area contributed by atoms with Crippen LogP contribution in [0.4, 0.5) is 0 Å². The molecule has 4 nitrogen and oxygen atoms in total. The molecule has 0 saturated heterocycles. The summed E-state index contributed by atoms with van der Waals surface area (Å²) in [6.07, 6.45) is 0.980. The third-order valence-corrected chi connectivity index (χ3v) is 6.25. The molecule has 0 atom stereocenters. The zero-order valence-electron chi connectivity index (χ0n) is 14.1. The molecule has 0 radical (unpaired) electrons. The third-order valence-electron chi connectivity index (χ3n) is 3.43. The van der Waals surface area contributed by atoms with Gasteiger partial charge in [-0.3, -0.25) is 4.99 Å². The molecular weight excluding hydrogens is 483 g/mol. The Balaban J connectivity index is 0.00000225. The Morgan fingerprint density at radius 3 is 2.72 bits per heavy atom. The summed E-state index contributed by atoms with van der Waals surface area (Å²) in [7, 11) is 1.80. The molecule has 0 aromatic carbocycles. The summed E-state index contributed by atoms with van der Waals surface area (Å²) in [6.45, 7) is 3.71. The Labute approximate surface area is 177 Å². The highest BCUT2D eigenvalue weighted by Gasteiger charge is 2.06. The molecule has 3 aromatic rings. The number of aryl methyl sites for hydroxylation is 1. The number of thiophene rings is 2. The Kier molecular flexibility index (Phi) is 8.34. The molecule has 134 valence electrons. The number of nitrogens with zero attached hydrogens (tertiary/aromatic N) is 2. The monoisotopic (exact) mass is 504 g/mol. The molecule has 3 rings (SSSR count). The molecule has 3 heterocycles. The fourth-order valence-corrected chi connectivity index (χ4v) is 4.54. The van der Waals surface area contributed by atoms with Gasteiger partial charge in [0.1, 0.15) is 0 Å². The molecule has 25 heavy (non-hydrogen) atoms. The van der Waals surface area contributed by atoms with Crippen molar-refractivity contribution in [3.05, 3.63) is 49.8 Å². The predicted molar refractivity (Wildman–Crippen MR) is 122 cm³/mol. The molecule has 0 aliphatic heterocycles. The Morgan fingerprint density at radius 2 is 2.04 bits per heavy atom. The molecule has 0 aliphatic rings. The Hall–Kier alpha value is -0.970. The number of aliphatic imine (C=N–C) groups is 1. The minimum Gasteiger partial charge on any atom is -0.356 e. The van der Waals surface area contributed by atoms with E-state index in [1.54, 1.807) is 29.7 Å². The minimum atomic E-state index is 0. The first kappa shape index (κ1) is 20.3. The first-order chi connectivity index (χ1) is 11.7. The molecule has 8 heteroatoms. The van der Waals surface area contributed by atoms with Gasteiger partial charge in [-0.15, -0.1) is 58.0 Å². The lowest BCUT2D eigenvalue weighted by molar-refractivity contribution is 0.804. The van der Waals surface area contributed by atoms with Gasteiger partial charge in [0, 0.05) is 28.7 Å². The zero-order valence-corrected chi connectivity index (χ0v) is 18.9. The maximum atomic E-state index is 4.55. The van der Waals surface area contributed by atoms with E-state index in [-0.39, 0.29) is 24.0 Å². The van der Waals surface area contributed by atoms with E-state index in [0.717, 1.165) is 36.2 Å². The minimum absolute atomic E-state index is 0. The standard InChI is InChI=1S/C17H20N4S3.HI/c1-12-21-15(11-23-12)16-6-5-13(24-16)7-8-19-17(18-2)20-10-14-4-3-9-22-14;/h3-6,9,11H,7-8,10H2,1-2H3,(H2,18,19,20);1H. The van der Waals surface area contributed by atoms with E-state index < -0.39 is 0 Å². The summed E-state index contributed by atoms with van der Waals surface area (Å²) in [6, 6.07) is 8.55. The van der Waals surface area contributed by atoms with Crippen LogP contribution < -0.4 is 10.6 Å². The number of thiazole rings is 1. The van der Waals surface area contributed by atoms with E-state index in [2.05, 4.69) is 55.6 Å². The van der Waals surface area contributed by atoms with Gasteiger partial charge in [-0.2, -0.15) is 0 Å². The number of halogens is 1. The van der Waals surface area contributed by atoms with Crippen molar-refractivity contribution in [2.45, 2.75) is 19.9 Å². The highest BCUT2D eigenvalue weighted by atomic mass is 127. The van der Waals surface area contributed by atoms with Gasteiger partial charge in [-0.05, 0) is 36.9 Å². The predicted octanol–water partition coefficient (Wildman–Crippen LogP) is 4.77. The van der Waals surface area contributed by atoms with E-state index in [1.807, 2.05) is 18.3 Å². The number of hydrogen-bond acceptors (Lipinski definition) is 5. The van der Waals surface area contributed by atoms with Crippen LogP contribution in [0.1, 0.15) is 14.8 Å². The summed E-state index contributed by atoms with van der Waals surface area (Å²) in [5.74, 6) is 0.843. The topological polar surface area (TPSA) is 49.3 Å². The number of hydrogen-bond donors (Lipinski definition) is 2. The lowest BCUT2D eigenvalue weighted by Gasteiger charge is -2.10. The summed E-state index contributed by atoms with van der Waals surface area (Å²) in [5.41, 5.74) is 1.09. The maximum absolute atomic E-state index is 4.55. The second-order valence-corrected chi connectivity index (χ2v) is 8.46. The number of aromatic nitrogens is 1. The highest BCUT2D eigenvalue weighted by molar-refractivity contribution is 14.0. The van der Waals surface area contributed by atoms with Crippen molar-refractivity contribution < 1.29 is 0 Å². The molecule has 0 fully saturated rings. The molecule has 0 saturated carbocycles. The summed E-state index contributed by atoms with van der Waals surface area (Å²) < 4.78 is 0. The largest absolute Gasteiger partial charge is 0.356 e. The van der Waals surface area contributed by atoms with Crippen LogP contribution in [-0.4, -0.2) is 24.5 Å². The van der Waals surface area contributed by atoms with Gasteiger partial charge in [0.25, 0.3) is 0 Å². The van der Waals surface area contributed by atoms with Gasteiger partial charge in [0.2, 0.25) is 0 Å². The van der Waals surface area contributed by atoms with Crippen LogP contribution in [0.5, 0.6) is 0 Å². The molecule has 2 N–H and O–H groups in total. The van der Waals surface area contributed by atoms with Crippen molar-refractivity contribution in [3.63, 3.8) is 0 Å². The van der Waals surface area contributed by atoms with E-state index >= 15 is 0 Å². The molecule has 0 bridgehead atoms. The van der Waals surface area contributed by atoms with Crippen molar-refractivity contribution in [2.75, 3.05) is 13.6 Å². The average Bonchev–Trinajstić information content (AvgIpc) is 3.32. The number of nitrogens with one attached hydrogen (secondary N) is 2. The first-order valence-electron chi connectivity index (χ1n) is 7.72. The first-order valence-corrected chi connectivity index (χ1v) is 10.3. The van der Waals surface area contributed by atoms with Crippen LogP contribution in [0.3, 0.4) is 0 Å². The lowest BCUT2D eigenvalue weighted by atomic mass is 10.3. The van der Waals surface area contributed by atoms with Crippen molar-refractivity contribution in [1.82, 2.24) is 15.6 Å². The molecule has 0 aliphatic carbocycles. The van der Waals surface area contributed by atoms with Crippen LogP contribution in [-0.2, 0) is 13.0 Å². The van der Waals surface area contributed by atoms with Crippen molar-refractivity contribution in [3.8, 4) is 10.6 Å². The molecule has 3 aromatic heterocycles.